The Balaban J connectivity index is 1.76. The SMILES string of the molecule is Cc1c(-c2ccccc2)ccc(-c2cc(-c3ccc(C(=O)O)c(F)c3)no2)c1COC(C)C. The normalized spacial score (nSPS) is 11.2. The number of carboxylic acids is 1. The van der Waals surface area contributed by atoms with Crippen LogP contribution < -0.4 is 0 Å². The number of aromatic carboxylic acids is 1. The fourth-order valence-electron chi connectivity index (χ4n) is 3.74. The number of benzene rings is 3. The van der Waals surface area contributed by atoms with Gasteiger partial charge in [0.2, 0.25) is 0 Å². The topological polar surface area (TPSA) is 72.6 Å². The standard InChI is InChI=1S/C27H24FNO4/c1-16(2)32-15-23-17(3)20(18-7-5-4-6-8-18)11-12-21(23)26-14-25(29-33-26)19-9-10-22(27(30)31)24(28)13-19/h4-14,16H,15H2,1-3H3,(H,30,31). The summed E-state index contributed by atoms with van der Waals surface area (Å²) in [6.07, 6.45) is 0.0543. The van der Waals surface area contributed by atoms with Crippen molar-refractivity contribution in [2.24, 2.45) is 0 Å². The Morgan fingerprint density at radius 3 is 2.42 bits per heavy atom. The number of nitrogens with zero attached hydrogens (tertiary/aromatic N) is 1. The van der Waals surface area contributed by atoms with E-state index in [2.05, 4.69) is 24.2 Å². The number of hydrogen-bond donors (Lipinski definition) is 1. The van der Waals surface area contributed by atoms with E-state index in [1.165, 1.54) is 12.1 Å². The highest BCUT2D eigenvalue weighted by Gasteiger charge is 2.19. The van der Waals surface area contributed by atoms with Gasteiger partial charge in [-0.15, -0.1) is 0 Å². The highest BCUT2D eigenvalue weighted by atomic mass is 19.1. The Labute approximate surface area is 191 Å². The van der Waals surface area contributed by atoms with Crippen LogP contribution >= 0.6 is 0 Å². The molecule has 0 radical (unpaired) electrons. The van der Waals surface area contributed by atoms with E-state index in [0.29, 0.717) is 23.6 Å². The molecule has 4 aromatic rings. The molecule has 0 bridgehead atoms. The molecule has 0 aliphatic rings. The molecule has 5 nitrogen and oxygen atoms in total. The van der Waals surface area contributed by atoms with Gasteiger partial charge in [-0.3, -0.25) is 0 Å². The van der Waals surface area contributed by atoms with Crippen LogP contribution in [-0.2, 0) is 11.3 Å². The molecule has 6 heteroatoms. The van der Waals surface area contributed by atoms with Gasteiger partial charge in [-0.1, -0.05) is 53.7 Å². The van der Waals surface area contributed by atoms with Gasteiger partial charge in [0.15, 0.2) is 5.76 Å². The lowest BCUT2D eigenvalue weighted by molar-refractivity contribution is 0.0656. The van der Waals surface area contributed by atoms with E-state index in [1.807, 2.05) is 44.2 Å². The summed E-state index contributed by atoms with van der Waals surface area (Å²) in [5.41, 5.74) is 5.59. The number of hydrogen-bond acceptors (Lipinski definition) is 4. The highest BCUT2D eigenvalue weighted by molar-refractivity contribution is 5.88. The van der Waals surface area contributed by atoms with Crippen molar-refractivity contribution in [2.75, 3.05) is 0 Å². The fraction of sp³-hybridized carbons (Fsp3) is 0.185. The summed E-state index contributed by atoms with van der Waals surface area (Å²) in [6.45, 7) is 6.43. The van der Waals surface area contributed by atoms with Crippen LogP contribution in [0.25, 0.3) is 33.7 Å². The molecule has 0 saturated heterocycles. The molecule has 0 unspecified atom stereocenters. The Morgan fingerprint density at radius 2 is 1.76 bits per heavy atom. The Bertz CT molecular complexity index is 1290. The summed E-state index contributed by atoms with van der Waals surface area (Å²) >= 11 is 0. The molecule has 0 atom stereocenters. The van der Waals surface area contributed by atoms with Crippen molar-refractivity contribution in [1.82, 2.24) is 5.16 Å². The van der Waals surface area contributed by atoms with Gasteiger partial charge in [-0.2, -0.15) is 0 Å². The second-order valence-electron chi connectivity index (χ2n) is 8.07. The quantitative estimate of drug-likeness (QED) is 0.341. The third-order valence-corrected chi connectivity index (χ3v) is 5.52. The van der Waals surface area contributed by atoms with E-state index in [0.717, 1.165) is 33.9 Å². The fourth-order valence-corrected chi connectivity index (χ4v) is 3.74. The third kappa shape index (κ3) is 4.71. The van der Waals surface area contributed by atoms with Crippen molar-refractivity contribution in [3.05, 3.63) is 89.2 Å². The van der Waals surface area contributed by atoms with Crippen LogP contribution in [0.15, 0.2) is 71.3 Å². The van der Waals surface area contributed by atoms with E-state index < -0.39 is 11.8 Å². The molecule has 0 spiro atoms. The first kappa shape index (κ1) is 22.4. The van der Waals surface area contributed by atoms with Crippen molar-refractivity contribution in [3.63, 3.8) is 0 Å². The third-order valence-electron chi connectivity index (χ3n) is 5.52. The smallest absolute Gasteiger partial charge is 0.338 e. The van der Waals surface area contributed by atoms with Crippen molar-refractivity contribution < 1.29 is 23.6 Å². The zero-order chi connectivity index (χ0) is 23.5. The lowest BCUT2D eigenvalue weighted by Gasteiger charge is -2.17. The van der Waals surface area contributed by atoms with Crippen molar-refractivity contribution in [2.45, 2.75) is 33.5 Å². The molecule has 0 saturated carbocycles. The van der Waals surface area contributed by atoms with Gasteiger partial charge in [-0.25, -0.2) is 9.18 Å². The summed E-state index contributed by atoms with van der Waals surface area (Å²) < 4.78 is 25.7. The molecule has 1 aromatic heterocycles. The summed E-state index contributed by atoms with van der Waals surface area (Å²) in [4.78, 5) is 11.1. The van der Waals surface area contributed by atoms with Crippen molar-refractivity contribution >= 4 is 5.97 Å². The molecular formula is C27H24FNO4. The predicted molar refractivity (Wildman–Crippen MR) is 124 cm³/mol. The van der Waals surface area contributed by atoms with Crippen LogP contribution in [0.2, 0.25) is 0 Å². The first-order valence-corrected chi connectivity index (χ1v) is 10.6. The number of carbonyl (C=O) groups is 1. The summed E-state index contributed by atoms with van der Waals surface area (Å²) in [7, 11) is 0. The maximum atomic E-state index is 14.2. The minimum absolute atomic E-state index is 0.0543. The summed E-state index contributed by atoms with van der Waals surface area (Å²) in [5, 5.41) is 13.1. The minimum atomic E-state index is -1.32. The molecule has 0 fully saturated rings. The number of carboxylic acid groups (broad SMARTS) is 1. The molecule has 3 aromatic carbocycles. The van der Waals surface area contributed by atoms with E-state index in [9.17, 15) is 9.18 Å². The number of halogens is 1. The van der Waals surface area contributed by atoms with E-state index >= 15 is 0 Å². The first-order valence-electron chi connectivity index (χ1n) is 10.6. The van der Waals surface area contributed by atoms with Crippen LogP contribution in [-0.4, -0.2) is 22.3 Å². The Morgan fingerprint density at radius 1 is 1.03 bits per heavy atom. The average Bonchev–Trinajstić information content (AvgIpc) is 3.28. The minimum Gasteiger partial charge on any atom is -0.478 e. The zero-order valence-corrected chi connectivity index (χ0v) is 18.6. The van der Waals surface area contributed by atoms with E-state index in [1.54, 1.807) is 6.07 Å². The second kappa shape index (κ2) is 9.38. The van der Waals surface area contributed by atoms with Gasteiger partial charge in [0.1, 0.15) is 11.5 Å². The predicted octanol–water partition coefficient (Wildman–Crippen LogP) is 6.75. The molecule has 168 valence electrons. The molecule has 4 rings (SSSR count). The van der Waals surface area contributed by atoms with Crippen LogP contribution in [0.3, 0.4) is 0 Å². The van der Waals surface area contributed by atoms with Crippen LogP contribution in [0.4, 0.5) is 4.39 Å². The highest BCUT2D eigenvalue weighted by Crippen LogP contribution is 2.35. The summed E-state index contributed by atoms with van der Waals surface area (Å²) in [6, 6.07) is 19.8. The maximum absolute atomic E-state index is 14.2. The molecule has 0 aliphatic heterocycles. The van der Waals surface area contributed by atoms with Gasteiger partial charge in [0.25, 0.3) is 0 Å². The van der Waals surface area contributed by atoms with Gasteiger partial charge in [0.05, 0.1) is 18.3 Å². The van der Waals surface area contributed by atoms with E-state index in [-0.39, 0.29) is 11.7 Å². The maximum Gasteiger partial charge on any atom is 0.338 e. The number of aromatic nitrogens is 1. The van der Waals surface area contributed by atoms with Gasteiger partial charge < -0.3 is 14.4 Å². The molecular weight excluding hydrogens is 421 g/mol. The average molecular weight is 445 g/mol. The Kier molecular flexibility index (Phi) is 6.38. The van der Waals surface area contributed by atoms with Crippen LogP contribution in [0, 0.1) is 12.7 Å². The molecule has 1 heterocycles. The van der Waals surface area contributed by atoms with Crippen LogP contribution in [0.5, 0.6) is 0 Å². The first-order chi connectivity index (χ1) is 15.8. The summed E-state index contributed by atoms with van der Waals surface area (Å²) in [5.74, 6) is -1.61. The van der Waals surface area contributed by atoms with Gasteiger partial charge >= 0.3 is 5.97 Å². The molecule has 0 aliphatic carbocycles. The van der Waals surface area contributed by atoms with Gasteiger partial charge in [0, 0.05) is 17.2 Å². The largest absolute Gasteiger partial charge is 0.478 e. The number of rotatable bonds is 7. The van der Waals surface area contributed by atoms with E-state index in [4.69, 9.17) is 14.4 Å². The monoisotopic (exact) mass is 445 g/mol. The molecule has 1 N–H and O–H groups in total. The van der Waals surface area contributed by atoms with Crippen molar-refractivity contribution in [1.29, 1.82) is 0 Å². The number of ether oxygens (including phenoxy) is 1. The molecule has 33 heavy (non-hydrogen) atoms. The Hall–Kier alpha value is -3.77. The van der Waals surface area contributed by atoms with Crippen molar-refractivity contribution in [3.8, 4) is 33.7 Å². The van der Waals surface area contributed by atoms with Gasteiger partial charge in [-0.05, 0) is 55.2 Å². The second-order valence-corrected chi connectivity index (χ2v) is 8.07. The van der Waals surface area contributed by atoms with Crippen LogP contribution in [0.1, 0.15) is 35.3 Å². The zero-order valence-electron chi connectivity index (χ0n) is 18.6. The lowest BCUT2D eigenvalue weighted by Crippen LogP contribution is -2.05. The molecule has 0 amide bonds. The lowest BCUT2D eigenvalue weighted by atomic mass is 9.92.